The van der Waals surface area contributed by atoms with Crippen molar-refractivity contribution in [1.29, 1.82) is 0 Å². The predicted molar refractivity (Wildman–Crippen MR) is 62.6 cm³/mol. The van der Waals surface area contributed by atoms with Gasteiger partial charge in [0.25, 0.3) is 5.91 Å². The highest BCUT2D eigenvalue weighted by Crippen LogP contribution is 2.29. The number of nitrogens with zero attached hydrogens (tertiary/aromatic N) is 3. The van der Waals surface area contributed by atoms with Crippen LogP contribution in [0.4, 0.5) is 5.69 Å². The molecule has 0 unspecified atom stereocenters. The third-order valence-corrected chi connectivity index (χ3v) is 2.68. The molecule has 0 saturated heterocycles. The molecule has 0 radical (unpaired) electrons. The molecule has 92 valence electrons. The monoisotopic (exact) mass is 245 g/mol. The normalized spacial score (nSPS) is 13.9. The van der Waals surface area contributed by atoms with E-state index in [9.17, 15) is 4.79 Å². The predicted octanol–water partition coefficient (Wildman–Crippen LogP) is 1.42. The average molecular weight is 245 g/mol. The Morgan fingerprint density at radius 2 is 2.39 bits per heavy atom. The number of carbonyl (C=O) groups is 1. The van der Waals surface area contributed by atoms with Crippen molar-refractivity contribution in [2.24, 2.45) is 0 Å². The first-order chi connectivity index (χ1) is 8.75. The number of carbonyl (C=O) groups excluding carboxylic acids is 1. The van der Waals surface area contributed by atoms with Crippen molar-refractivity contribution in [3.05, 3.63) is 35.9 Å². The van der Waals surface area contributed by atoms with Gasteiger partial charge in [0.2, 0.25) is 11.6 Å². The Bertz CT molecular complexity index is 594. The number of fused-ring (bicyclic) bond motifs is 1. The first-order valence-corrected chi connectivity index (χ1v) is 5.59. The van der Waals surface area contributed by atoms with Crippen molar-refractivity contribution < 1.29 is 14.1 Å². The maximum absolute atomic E-state index is 12.3. The molecular weight excluding hydrogens is 234 g/mol. The molecule has 0 aromatic carbocycles. The van der Waals surface area contributed by atoms with Gasteiger partial charge < -0.3 is 9.26 Å². The van der Waals surface area contributed by atoms with Gasteiger partial charge in [-0.25, -0.2) is 4.98 Å². The van der Waals surface area contributed by atoms with Crippen LogP contribution < -0.4 is 9.64 Å². The minimum absolute atomic E-state index is 0.226. The molecule has 1 amide bonds. The van der Waals surface area contributed by atoms with Crippen LogP contribution in [0.5, 0.6) is 5.88 Å². The van der Waals surface area contributed by atoms with E-state index < -0.39 is 0 Å². The molecule has 6 nitrogen and oxygen atoms in total. The van der Waals surface area contributed by atoms with Gasteiger partial charge in [-0.2, -0.15) is 0 Å². The van der Waals surface area contributed by atoms with Crippen molar-refractivity contribution in [2.75, 3.05) is 18.1 Å². The van der Waals surface area contributed by atoms with E-state index >= 15 is 0 Å². The summed E-state index contributed by atoms with van der Waals surface area (Å²) in [6.07, 6.45) is 1.63. The minimum atomic E-state index is -0.229. The molecule has 0 saturated carbocycles. The zero-order valence-electron chi connectivity index (χ0n) is 9.79. The Morgan fingerprint density at radius 3 is 3.17 bits per heavy atom. The smallest absolute Gasteiger partial charge is 0.297 e. The van der Waals surface area contributed by atoms with Crippen LogP contribution in [0.15, 0.2) is 28.9 Å². The zero-order valence-corrected chi connectivity index (χ0v) is 9.79. The van der Waals surface area contributed by atoms with E-state index in [4.69, 9.17) is 9.26 Å². The fourth-order valence-corrected chi connectivity index (χ4v) is 1.86. The van der Waals surface area contributed by atoms with Crippen molar-refractivity contribution >= 4 is 11.6 Å². The molecule has 0 atom stereocenters. The third kappa shape index (κ3) is 1.71. The van der Waals surface area contributed by atoms with Crippen molar-refractivity contribution in [2.45, 2.75) is 6.92 Å². The number of aryl methyl sites for hydroxylation is 1. The standard InChI is InChI=1S/C12H11N3O3/c1-8-7-10(18-14-8)12(16)15-5-6-17-11-9(15)3-2-4-13-11/h2-4,7H,5-6H2,1H3. The van der Waals surface area contributed by atoms with Gasteiger partial charge in [0.05, 0.1) is 12.2 Å². The summed E-state index contributed by atoms with van der Waals surface area (Å²) in [6, 6.07) is 5.18. The van der Waals surface area contributed by atoms with Gasteiger partial charge in [-0.3, -0.25) is 9.69 Å². The number of amides is 1. The summed E-state index contributed by atoms with van der Waals surface area (Å²) in [4.78, 5) is 18.0. The molecule has 0 N–H and O–H groups in total. The van der Waals surface area contributed by atoms with Gasteiger partial charge in [0, 0.05) is 12.3 Å². The lowest BCUT2D eigenvalue weighted by Crippen LogP contribution is -2.38. The van der Waals surface area contributed by atoms with Gasteiger partial charge >= 0.3 is 0 Å². The van der Waals surface area contributed by atoms with Crippen LogP contribution in [0, 0.1) is 6.92 Å². The number of ether oxygens (including phenoxy) is 1. The number of hydrogen-bond donors (Lipinski definition) is 0. The summed E-state index contributed by atoms with van der Waals surface area (Å²) in [5.74, 6) is 0.464. The van der Waals surface area contributed by atoms with Crippen molar-refractivity contribution in [3.63, 3.8) is 0 Å². The van der Waals surface area contributed by atoms with Crippen LogP contribution >= 0.6 is 0 Å². The Morgan fingerprint density at radius 1 is 1.50 bits per heavy atom. The lowest BCUT2D eigenvalue weighted by Gasteiger charge is -2.27. The summed E-state index contributed by atoms with van der Waals surface area (Å²) in [5.41, 5.74) is 1.33. The molecule has 3 rings (SSSR count). The summed E-state index contributed by atoms with van der Waals surface area (Å²) in [6.45, 7) is 2.66. The molecule has 2 aromatic heterocycles. The lowest BCUT2D eigenvalue weighted by atomic mass is 10.2. The highest BCUT2D eigenvalue weighted by Gasteiger charge is 2.27. The maximum atomic E-state index is 12.3. The van der Waals surface area contributed by atoms with Crippen LogP contribution in [0.1, 0.15) is 16.2 Å². The van der Waals surface area contributed by atoms with Crippen LogP contribution in [-0.2, 0) is 0 Å². The maximum Gasteiger partial charge on any atom is 0.297 e. The third-order valence-electron chi connectivity index (χ3n) is 2.68. The van der Waals surface area contributed by atoms with E-state index in [0.29, 0.717) is 30.4 Å². The van der Waals surface area contributed by atoms with Gasteiger partial charge in [0.15, 0.2) is 0 Å². The average Bonchev–Trinajstić information content (AvgIpc) is 2.84. The van der Waals surface area contributed by atoms with E-state index in [1.54, 1.807) is 36.2 Å². The van der Waals surface area contributed by atoms with E-state index in [1.807, 2.05) is 0 Å². The number of anilines is 1. The van der Waals surface area contributed by atoms with Gasteiger partial charge in [-0.15, -0.1) is 0 Å². The first kappa shape index (κ1) is 10.8. The van der Waals surface area contributed by atoms with Gasteiger partial charge in [-0.05, 0) is 19.1 Å². The Labute approximate surface area is 103 Å². The molecule has 18 heavy (non-hydrogen) atoms. The second-order valence-electron chi connectivity index (χ2n) is 3.97. The van der Waals surface area contributed by atoms with Crippen LogP contribution in [0.3, 0.4) is 0 Å². The van der Waals surface area contributed by atoms with Gasteiger partial charge in [0.1, 0.15) is 12.3 Å². The highest BCUT2D eigenvalue weighted by molar-refractivity contribution is 6.05. The zero-order chi connectivity index (χ0) is 12.5. The quantitative estimate of drug-likeness (QED) is 0.760. The molecule has 3 heterocycles. The first-order valence-electron chi connectivity index (χ1n) is 5.59. The molecule has 6 heteroatoms. The Balaban J connectivity index is 1.96. The molecule has 0 bridgehead atoms. The van der Waals surface area contributed by atoms with E-state index in [-0.39, 0.29) is 11.7 Å². The molecule has 0 fully saturated rings. The molecular formula is C12H11N3O3. The van der Waals surface area contributed by atoms with Crippen molar-refractivity contribution in [1.82, 2.24) is 10.1 Å². The number of aromatic nitrogens is 2. The fraction of sp³-hybridized carbons (Fsp3) is 0.250. The summed E-state index contributed by atoms with van der Waals surface area (Å²) in [7, 11) is 0. The van der Waals surface area contributed by atoms with E-state index in [0.717, 1.165) is 0 Å². The topological polar surface area (TPSA) is 68.5 Å². The van der Waals surface area contributed by atoms with E-state index in [2.05, 4.69) is 10.1 Å². The molecule has 1 aliphatic heterocycles. The fourth-order valence-electron chi connectivity index (χ4n) is 1.86. The van der Waals surface area contributed by atoms with Crippen LogP contribution in [-0.4, -0.2) is 29.2 Å². The second-order valence-corrected chi connectivity index (χ2v) is 3.97. The van der Waals surface area contributed by atoms with Crippen molar-refractivity contribution in [3.8, 4) is 5.88 Å². The Hall–Kier alpha value is -2.37. The lowest BCUT2D eigenvalue weighted by molar-refractivity contribution is 0.0940. The van der Waals surface area contributed by atoms with E-state index in [1.165, 1.54) is 0 Å². The molecule has 1 aliphatic rings. The molecule has 2 aromatic rings. The minimum Gasteiger partial charge on any atom is -0.474 e. The highest BCUT2D eigenvalue weighted by atomic mass is 16.5. The van der Waals surface area contributed by atoms with Crippen LogP contribution in [0.25, 0.3) is 0 Å². The SMILES string of the molecule is Cc1cc(C(=O)N2CCOc3ncccc32)on1. The van der Waals surface area contributed by atoms with Gasteiger partial charge in [-0.1, -0.05) is 5.16 Å². The second kappa shape index (κ2) is 4.14. The molecule has 0 spiro atoms. The number of pyridine rings is 1. The summed E-state index contributed by atoms with van der Waals surface area (Å²) < 4.78 is 10.4. The number of rotatable bonds is 1. The summed E-state index contributed by atoms with van der Waals surface area (Å²) >= 11 is 0. The van der Waals surface area contributed by atoms with Crippen LogP contribution in [0.2, 0.25) is 0 Å². The Kier molecular flexibility index (Phi) is 2.47. The molecule has 0 aliphatic carbocycles. The largest absolute Gasteiger partial charge is 0.474 e. The summed E-state index contributed by atoms with van der Waals surface area (Å²) in [5, 5.41) is 3.72. The number of hydrogen-bond acceptors (Lipinski definition) is 5.